The number of carbonyl (C=O) groups excluding carboxylic acids is 1. The van der Waals surface area contributed by atoms with E-state index in [0.29, 0.717) is 23.4 Å². The second-order valence-corrected chi connectivity index (χ2v) is 8.91. The average molecular weight is 451 g/mol. The summed E-state index contributed by atoms with van der Waals surface area (Å²) in [5, 5.41) is 12.2. The predicted molar refractivity (Wildman–Crippen MR) is 130 cm³/mol. The SMILES string of the molecule is C=CCn1c(COc2ccc(C(C)C)cc2)nnc1SCC(=O)Nc1cc(C)ccc1C. The molecule has 2 aromatic carbocycles. The zero-order valence-corrected chi connectivity index (χ0v) is 19.9. The van der Waals surface area contributed by atoms with Gasteiger partial charge in [0.25, 0.3) is 0 Å². The molecule has 0 unspecified atom stereocenters. The molecule has 0 aliphatic rings. The quantitative estimate of drug-likeness (QED) is 0.326. The highest BCUT2D eigenvalue weighted by Crippen LogP contribution is 2.22. The number of aryl methyl sites for hydroxylation is 2. The van der Waals surface area contributed by atoms with Crippen LogP contribution in [0.5, 0.6) is 5.75 Å². The number of aromatic nitrogens is 3. The van der Waals surface area contributed by atoms with Crippen molar-refractivity contribution in [3.05, 3.63) is 77.6 Å². The van der Waals surface area contributed by atoms with Crippen molar-refractivity contribution in [1.82, 2.24) is 14.8 Å². The van der Waals surface area contributed by atoms with Crippen molar-refractivity contribution < 1.29 is 9.53 Å². The molecule has 0 radical (unpaired) electrons. The molecule has 0 atom stereocenters. The van der Waals surface area contributed by atoms with Gasteiger partial charge in [0.05, 0.1) is 5.75 Å². The Morgan fingerprint density at radius 1 is 1.19 bits per heavy atom. The molecule has 0 bridgehead atoms. The number of thioether (sulfide) groups is 1. The van der Waals surface area contributed by atoms with Gasteiger partial charge in [-0.3, -0.25) is 9.36 Å². The minimum absolute atomic E-state index is 0.0834. The van der Waals surface area contributed by atoms with Crippen LogP contribution in [-0.4, -0.2) is 26.4 Å². The molecule has 0 fully saturated rings. The van der Waals surface area contributed by atoms with Crippen LogP contribution in [-0.2, 0) is 17.9 Å². The lowest BCUT2D eigenvalue weighted by Crippen LogP contribution is -2.15. The Balaban J connectivity index is 1.61. The van der Waals surface area contributed by atoms with Crippen LogP contribution in [0.1, 0.15) is 42.3 Å². The molecule has 0 spiro atoms. The number of benzene rings is 2. The molecule has 7 heteroatoms. The third-order valence-corrected chi connectivity index (χ3v) is 5.99. The van der Waals surface area contributed by atoms with Crippen LogP contribution in [0.15, 0.2) is 60.3 Å². The molecule has 6 nitrogen and oxygen atoms in total. The maximum absolute atomic E-state index is 12.5. The summed E-state index contributed by atoms with van der Waals surface area (Å²) >= 11 is 1.35. The van der Waals surface area contributed by atoms with Crippen molar-refractivity contribution in [2.24, 2.45) is 0 Å². The second kappa shape index (κ2) is 11.0. The monoisotopic (exact) mass is 450 g/mol. The Kier molecular flexibility index (Phi) is 8.11. The van der Waals surface area contributed by atoms with Crippen molar-refractivity contribution in [1.29, 1.82) is 0 Å². The summed E-state index contributed by atoms with van der Waals surface area (Å²) in [5.41, 5.74) is 4.24. The summed E-state index contributed by atoms with van der Waals surface area (Å²) < 4.78 is 7.83. The van der Waals surface area contributed by atoms with Gasteiger partial charge in [-0.15, -0.1) is 16.8 Å². The molecule has 0 aliphatic carbocycles. The highest BCUT2D eigenvalue weighted by atomic mass is 32.2. The molecular weight excluding hydrogens is 420 g/mol. The Morgan fingerprint density at radius 3 is 2.62 bits per heavy atom. The lowest BCUT2D eigenvalue weighted by Gasteiger charge is -2.11. The fourth-order valence-corrected chi connectivity index (χ4v) is 3.90. The second-order valence-electron chi connectivity index (χ2n) is 7.97. The molecule has 0 saturated heterocycles. The molecule has 3 aromatic rings. The van der Waals surface area contributed by atoms with E-state index in [1.54, 1.807) is 6.08 Å². The summed E-state index contributed by atoms with van der Waals surface area (Å²) in [5.74, 6) is 2.10. The number of nitrogens with one attached hydrogen (secondary N) is 1. The average Bonchev–Trinajstić information content (AvgIpc) is 3.15. The Labute approximate surface area is 194 Å². The van der Waals surface area contributed by atoms with Crippen LogP contribution in [0.2, 0.25) is 0 Å². The van der Waals surface area contributed by atoms with Gasteiger partial charge in [0, 0.05) is 12.2 Å². The topological polar surface area (TPSA) is 69.0 Å². The van der Waals surface area contributed by atoms with Gasteiger partial charge in [-0.1, -0.05) is 56.0 Å². The largest absolute Gasteiger partial charge is 0.486 e. The number of hydrogen-bond acceptors (Lipinski definition) is 5. The lowest BCUT2D eigenvalue weighted by molar-refractivity contribution is -0.113. The molecule has 3 rings (SSSR count). The number of rotatable bonds is 10. The zero-order valence-electron chi connectivity index (χ0n) is 19.1. The Bertz CT molecular complexity index is 1070. The first kappa shape index (κ1) is 23.6. The van der Waals surface area contributed by atoms with E-state index in [1.165, 1.54) is 17.3 Å². The lowest BCUT2D eigenvalue weighted by atomic mass is 10.0. The summed E-state index contributed by atoms with van der Waals surface area (Å²) in [6.07, 6.45) is 1.78. The molecule has 1 amide bonds. The van der Waals surface area contributed by atoms with Crippen molar-refractivity contribution in [2.45, 2.75) is 51.9 Å². The van der Waals surface area contributed by atoms with Crippen molar-refractivity contribution in [3.63, 3.8) is 0 Å². The van der Waals surface area contributed by atoms with Gasteiger partial charge in [0.15, 0.2) is 11.0 Å². The van der Waals surface area contributed by atoms with Gasteiger partial charge in [-0.05, 0) is 54.7 Å². The van der Waals surface area contributed by atoms with E-state index in [4.69, 9.17) is 4.74 Å². The number of allylic oxidation sites excluding steroid dienone is 1. The first-order valence-electron chi connectivity index (χ1n) is 10.6. The van der Waals surface area contributed by atoms with Crippen molar-refractivity contribution >= 4 is 23.4 Å². The van der Waals surface area contributed by atoms with Gasteiger partial charge in [-0.2, -0.15) is 0 Å². The number of amides is 1. The fraction of sp³-hybridized carbons (Fsp3) is 0.320. The minimum Gasteiger partial charge on any atom is -0.486 e. The van der Waals surface area contributed by atoms with Crippen molar-refractivity contribution in [2.75, 3.05) is 11.1 Å². The number of ether oxygens (including phenoxy) is 1. The molecule has 1 heterocycles. The number of carbonyl (C=O) groups is 1. The summed E-state index contributed by atoms with van der Waals surface area (Å²) in [4.78, 5) is 12.5. The van der Waals surface area contributed by atoms with Gasteiger partial charge in [0.2, 0.25) is 5.91 Å². The van der Waals surface area contributed by atoms with E-state index in [1.807, 2.05) is 48.7 Å². The van der Waals surface area contributed by atoms with E-state index < -0.39 is 0 Å². The van der Waals surface area contributed by atoms with E-state index in [9.17, 15) is 4.79 Å². The molecule has 0 saturated carbocycles. The Morgan fingerprint density at radius 2 is 1.94 bits per heavy atom. The highest BCUT2D eigenvalue weighted by Gasteiger charge is 2.15. The van der Waals surface area contributed by atoms with E-state index in [2.05, 4.69) is 48.1 Å². The van der Waals surface area contributed by atoms with Crippen LogP contribution in [0.3, 0.4) is 0 Å². The maximum Gasteiger partial charge on any atom is 0.234 e. The molecule has 32 heavy (non-hydrogen) atoms. The summed E-state index contributed by atoms with van der Waals surface area (Å²) in [6, 6.07) is 14.1. The van der Waals surface area contributed by atoms with E-state index in [0.717, 1.165) is 22.6 Å². The molecule has 1 N–H and O–H groups in total. The molecule has 168 valence electrons. The Hall–Kier alpha value is -3.06. The van der Waals surface area contributed by atoms with E-state index >= 15 is 0 Å². The maximum atomic E-state index is 12.5. The molecule has 0 aliphatic heterocycles. The van der Waals surface area contributed by atoms with Gasteiger partial charge in [-0.25, -0.2) is 0 Å². The van der Waals surface area contributed by atoms with Crippen LogP contribution in [0.25, 0.3) is 0 Å². The summed E-state index contributed by atoms with van der Waals surface area (Å²) in [7, 11) is 0. The summed E-state index contributed by atoms with van der Waals surface area (Å²) in [6.45, 7) is 13.0. The third kappa shape index (κ3) is 6.23. The van der Waals surface area contributed by atoms with Gasteiger partial charge < -0.3 is 10.1 Å². The number of hydrogen-bond donors (Lipinski definition) is 1. The number of nitrogens with zero attached hydrogens (tertiary/aromatic N) is 3. The predicted octanol–water partition coefficient (Wildman–Crippen LogP) is 5.51. The minimum atomic E-state index is -0.0834. The number of anilines is 1. The van der Waals surface area contributed by atoms with Crippen LogP contribution in [0, 0.1) is 13.8 Å². The fourth-order valence-electron chi connectivity index (χ4n) is 3.13. The smallest absolute Gasteiger partial charge is 0.234 e. The normalized spacial score (nSPS) is 10.9. The molecular formula is C25H30N4O2S. The van der Waals surface area contributed by atoms with Gasteiger partial charge in [0.1, 0.15) is 12.4 Å². The van der Waals surface area contributed by atoms with Crippen LogP contribution < -0.4 is 10.1 Å². The molecule has 1 aromatic heterocycles. The van der Waals surface area contributed by atoms with Gasteiger partial charge >= 0.3 is 0 Å². The third-order valence-electron chi connectivity index (χ3n) is 5.02. The standard InChI is InChI=1S/C25H30N4O2S/c1-6-13-29-23(15-31-21-11-9-20(10-12-21)17(2)3)27-28-25(29)32-16-24(30)26-22-14-18(4)7-8-19(22)5/h6-12,14,17H,1,13,15-16H2,2-5H3,(H,26,30). The van der Waals surface area contributed by atoms with Crippen molar-refractivity contribution in [3.8, 4) is 5.75 Å². The highest BCUT2D eigenvalue weighted by molar-refractivity contribution is 7.99. The van der Waals surface area contributed by atoms with E-state index in [-0.39, 0.29) is 18.3 Å². The zero-order chi connectivity index (χ0) is 23.1. The van der Waals surface area contributed by atoms with Crippen LogP contribution >= 0.6 is 11.8 Å². The van der Waals surface area contributed by atoms with Crippen LogP contribution in [0.4, 0.5) is 5.69 Å². The first-order valence-corrected chi connectivity index (χ1v) is 11.6. The first-order chi connectivity index (χ1) is 15.4.